The summed E-state index contributed by atoms with van der Waals surface area (Å²) in [5.41, 5.74) is 2.65. The number of para-hydroxylation sites is 1. The summed E-state index contributed by atoms with van der Waals surface area (Å²) in [5.74, 6) is 1.70. The van der Waals surface area contributed by atoms with E-state index in [2.05, 4.69) is 22.8 Å². The molecule has 0 spiro atoms. The maximum Gasteiger partial charge on any atom is 0.337 e. The van der Waals surface area contributed by atoms with Crippen molar-refractivity contribution in [1.82, 2.24) is 14.8 Å². The Balaban J connectivity index is 1.78. The summed E-state index contributed by atoms with van der Waals surface area (Å²) in [6.07, 6.45) is 0. The van der Waals surface area contributed by atoms with Gasteiger partial charge >= 0.3 is 5.97 Å². The molecule has 0 fully saturated rings. The third-order valence-corrected chi connectivity index (χ3v) is 4.88. The summed E-state index contributed by atoms with van der Waals surface area (Å²) >= 11 is 5.94. The zero-order chi connectivity index (χ0) is 17.6. The van der Waals surface area contributed by atoms with Gasteiger partial charge in [-0.1, -0.05) is 42.1 Å². The van der Waals surface area contributed by atoms with E-state index in [4.69, 9.17) is 4.74 Å². The number of hydrogen-bond acceptors (Lipinski definition) is 6. The monoisotopic (exact) mass is 371 g/mol. The van der Waals surface area contributed by atoms with Crippen molar-refractivity contribution in [2.24, 2.45) is 0 Å². The summed E-state index contributed by atoms with van der Waals surface area (Å²) in [6.45, 7) is 0. The van der Waals surface area contributed by atoms with Crippen molar-refractivity contribution in [3.63, 3.8) is 0 Å². The largest absolute Gasteiger partial charge is 0.465 e. The Morgan fingerprint density at radius 1 is 1.12 bits per heavy atom. The van der Waals surface area contributed by atoms with Gasteiger partial charge < -0.3 is 4.74 Å². The fourth-order valence-electron chi connectivity index (χ4n) is 2.34. The number of thioether (sulfide) groups is 1. The number of carbonyl (C=O) groups excluding carboxylic acids is 1. The minimum atomic E-state index is -0.332. The molecule has 3 aromatic rings. The van der Waals surface area contributed by atoms with Gasteiger partial charge in [0.05, 0.1) is 18.4 Å². The van der Waals surface area contributed by atoms with Crippen molar-refractivity contribution in [1.29, 1.82) is 0 Å². The number of carbonyl (C=O) groups is 1. The minimum absolute atomic E-state index is 0.332. The maximum atomic E-state index is 11.5. The summed E-state index contributed by atoms with van der Waals surface area (Å²) in [4.78, 5) is 11.5. The standard InChI is InChI=1S/C18H17N3O2S2/c1-23-17(22)14-9-7-13(8-10-14)12-25-18-20-19-16(11-24)21(18)15-5-3-2-4-6-15/h2-10,24H,11-12H2,1H3. The molecule has 0 aliphatic carbocycles. The molecule has 1 aromatic heterocycles. The molecule has 2 aromatic carbocycles. The van der Waals surface area contributed by atoms with Gasteiger partial charge in [-0.2, -0.15) is 12.6 Å². The van der Waals surface area contributed by atoms with Crippen LogP contribution in [0.15, 0.2) is 59.8 Å². The van der Waals surface area contributed by atoms with Gasteiger partial charge in [0, 0.05) is 11.4 Å². The normalized spacial score (nSPS) is 10.6. The number of aromatic nitrogens is 3. The van der Waals surface area contributed by atoms with E-state index < -0.39 is 0 Å². The molecule has 128 valence electrons. The van der Waals surface area contributed by atoms with Crippen LogP contribution in [-0.2, 0) is 16.2 Å². The van der Waals surface area contributed by atoms with Crippen LogP contribution in [0.1, 0.15) is 21.7 Å². The maximum absolute atomic E-state index is 11.5. The molecule has 0 saturated heterocycles. The van der Waals surface area contributed by atoms with Gasteiger partial charge in [0.25, 0.3) is 0 Å². The van der Waals surface area contributed by atoms with E-state index in [-0.39, 0.29) is 5.97 Å². The summed E-state index contributed by atoms with van der Waals surface area (Å²) in [7, 11) is 1.38. The van der Waals surface area contributed by atoms with E-state index >= 15 is 0 Å². The van der Waals surface area contributed by atoms with Crippen LogP contribution in [0.2, 0.25) is 0 Å². The zero-order valence-corrected chi connectivity index (χ0v) is 15.3. The lowest BCUT2D eigenvalue weighted by Gasteiger charge is -2.09. The highest BCUT2D eigenvalue weighted by molar-refractivity contribution is 7.98. The summed E-state index contributed by atoms with van der Waals surface area (Å²) in [6, 6.07) is 17.4. The average Bonchev–Trinajstić information content (AvgIpc) is 3.10. The second-order valence-electron chi connectivity index (χ2n) is 5.21. The number of hydrogen-bond donors (Lipinski definition) is 1. The van der Waals surface area contributed by atoms with Crippen LogP contribution in [0.25, 0.3) is 5.69 Å². The third-order valence-electron chi connectivity index (χ3n) is 3.60. The molecule has 0 saturated carbocycles. The molecule has 0 aliphatic rings. The summed E-state index contributed by atoms with van der Waals surface area (Å²) < 4.78 is 6.73. The zero-order valence-electron chi connectivity index (χ0n) is 13.6. The van der Waals surface area contributed by atoms with Crippen molar-refractivity contribution in [2.75, 3.05) is 7.11 Å². The van der Waals surface area contributed by atoms with Crippen LogP contribution in [0.4, 0.5) is 0 Å². The number of esters is 1. The van der Waals surface area contributed by atoms with E-state index in [1.54, 1.807) is 23.9 Å². The fourth-order valence-corrected chi connectivity index (χ4v) is 3.47. The number of methoxy groups -OCH3 is 1. The molecule has 0 unspecified atom stereocenters. The Kier molecular flexibility index (Phi) is 5.78. The number of nitrogens with zero attached hydrogens (tertiary/aromatic N) is 3. The Morgan fingerprint density at radius 2 is 1.84 bits per heavy atom. The van der Waals surface area contributed by atoms with Gasteiger partial charge in [-0.15, -0.1) is 10.2 Å². The van der Waals surface area contributed by atoms with Crippen LogP contribution in [0, 0.1) is 0 Å². The molecule has 0 bridgehead atoms. The molecule has 0 N–H and O–H groups in total. The highest BCUT2D eigenvalue weighted by Gasteiger charge is 2.13. The first kappa shape index (κ1) is 17.6. The van der Waals surface area contributed by atoms with Crippen molar-refractivity contribution in [3.05, 3.63) is 71.5 Å². The van der Waals surface area contributed by atoms with Crippen molar-refractivity contribution in [2.45, 2.75) is 16.7 Å². The molecule has 5 nitrogen and oxygen atoms in total. The highest BCUT2D eigenvalue weighted by Crippen LogP contribution is 2.26. The highest BCUT2D eigenvalue weighted by atomic mass is 32.2. The van der Waals surface area contributed by atoms with Crippen molar-refractivity contribution >= 4 is 30.4 Å². The van der Waals surface area contributed by atoms with E-state index in [0.29, 0.717) is 11.3 Å². The lowest BCUT2D eigenvalue weighted by molar-refractivity contribution is 0.0600. The second kappa shape index (κ2) is 8.22. The second-order valence-corrected chi connectivity index (χ2v) is 6.46. The van der Waals surface area contributed by atoms with Crippen LogP contribution in [0.5, 0.6) is 0 Å². The first-order valence-corrected chi connectivity index (χ1v) is 9.25. The number of benzene rings is 2. The number of thiol groups is 1. The third kappa shape index (κ3) is 4.05. The molecule has 0 radical (unpaired) electrons. The lowest BCUT2D eigenvalue weighted by atomic mass is 10.1. The summed E-state index contributed by atoms with van der Waals surface area (Å²) in [5, 5.41) is 9.33. The predicted octanol–water partition coefficient (Wildman–Crippen LogP) is 3.78. The topological polar surface area (TPSA) is 57.0 Å². The van der Waals surface area contributed by atoms with Gasteiger partial charge in [0.2, 0.25) is 0 Å². The molecule has 0 aliphatic heterocycles. The smallest absolute Gasteiger partial charge is 0.337 e. The molecular formula is C18H17N3O2S2. The molecule has 7 heteroatoms. The van der Waals surface area contributed by atoms with E-state index in [1.807, 2.05) is 47.0 Å². The SMILES string of the molecule is COC(=O)c1ccc(CSc2nnc(CS)n2-c2ccccc2)cc1. The molecule has 0 amide bonds. The Labute approximate surface area is 155 Å². The predicted molar refractivity (Wildman–Crippen MR) is 101 cm³/mol. The molecule has 0 atom stereocenters. The lowest BCUT2D eigenvalue weighted by Crippen LogP contribution is -2.01. The van der Waals surface area contributed by atoms with E-state index in [0.717, 1.165) is 28.0 Å². The molecular weight excluding hydrogens is 354 g/mol. The Bertz CT molecular complexity index is 849. The first-order valence-electron chi connectivity index (χ1n) is 7.63. The minimum Gasteiger partial charge on any atom is -0.465 e. The van der Waals surface area contributed by atoms with Crippen LogP contribution in [-0.4, -0.2) is 27.8 Å². The van der Waals surface area contributed by atoms with Crippen molar-refractivity contribution < 1.29 is 9.53 Å². The molecule has 1 heterocycles. The number of ether oxygens (including phenoxy) is 1. The van der Waals surface area contributed by atoms with Gasteiger partial charge in [-0.05, 0) is 29.8 Å². The Morgan fingerprint density at radius 3 is 2.48 bits per heavy atom. The van der Waals surface area contributed by atoms with E-state index in [1.165, 1.54) is 7.11 Å². The average molecular weight is 371 g/mol. The van der Waals surface area contributed by atoms with E-state index in [9.17, 15) is 4.79 Å². The Hall–Kier alpha value is -2.25. The fraction of sp³-hybridized carbons (Fsp3) is 0.167. The number of rotatable bonds is 6. The van der Waals surface area contributed by atoms with Gasteiger partial charge in [-0.3, -0.25) is 4.57 Å². The van der Waals surface area contributed by atoms with Crippen LogP contribution in [0.3, 0.4) is 0 Å². The quantitative estimate of drug-likeness (QED) is 0.406. The molecule has 3 rings (SSSR count). The first-order chi connectivity index (χ1) is 12.2. The van der Waals surface area contributed by atoms with Crippen LogP contribution >= 0.6 is 24.4 Å². The van der Waals surface area contributed by atoms with Gasteiger partial charge in [0.1, 0.15) is 5.82 Å². The van der Waals surface area contributed by atoms with Gasteiger partial charge in [-0.25, -0.2) is 4.79 Å². The van der Waals surface area contributed by atoms with Gasteiger partial charge in [0.15, 0.2) is 5.16 Å². The molecule has 25 heavy (non-hydrogen) atoms. The van der Waals surface area contributed by atoms with Crippen molar-refractivity contribution in [3.8, 4) is 5.69 Å². The van der Waals surface area contributed by atoms with Crippen LogP contribution < -0.4 is 0 Å².